The Morgan fingerprint density at radius 1 is 1.38 bits per heavy atom. The number of aliphatic carboxylic acids is 1. The van der Waals surface area contributed by atoms with Crippen LogP contribution in [0.1, 0.15) is 43.5 Å². The summed E-state index contributed by atoms with van der Waals surface area (Å²) < 4.78 is 5.05. The lowest BCUT2D eigenvalue weighted by Crippen LogP contribution is -2.33. The number of hydrogen-bond acceptors (Lipinski definition) is 4. The predicted octanol–water partition coefficient (Wildman–Crippen LogP) is 2.10. The maximum absolute atomic E-state index is 12.1. The minimum absolute atomic E-state index is 0.0385. The van der Waals surface area contributed by atoms with Gasteiger partial charge in [-0.1, -0.05) is 13.3 Å². The molecule has 0 aliphatic rings. The average molecular weight is 294 g/mol. The number of ether oxygens (including phenoxy) is 1. The Morgan fingerprint density at radius 3 is 2.71 bits per heavy atom. The molecule has 1 heterocycles. The fourth-order valence-electron chi connectivity index (χ4n) is 1.95. The van der Waals surface area contributed by atoms with Crippen LogP contribution in [0, 0.1) is 5.92 Å². The highest BCUT2D eigenvalue weighted by Gasteiger charge is 2.16. The molecule has 116 valence electrons. The van der Waals surface area contributed by atoms with Crippen LogP contribution in [-0.4, -0.2) is 35.1 Å². The summed E-state index contributed by atoms with van der Waals surface area (Å²) in [6, 6.07) is 3.29. The molecule has 0 radical (unpaired) electrons. The van der Waals surface area contributed by atoms with Crippen molar-refractivity contribution < 1.29 is 19.4 Å². The van der Waals surface area contributed by atoms with Crippen molar-refractivity contribution in [3.63, 3.8) is 0 Å². The minimum Gasteiger partial charge on any atom is -0.481 e. The van der Waals surface area contributed by atoms with Crippen molar-refractivity contribution in [2.24, 2.45) is 5.92 Å². The highest BCUT2D eigenvalue weighted by molar-refractivity contribution is 5.96. The average Bonchev–Trinajstić information content (AvgIpc) is 2.46. The second kappa shape index (κ2) is 8.24. The molecule has 6 heteroatoms. The number of amides is 1. The van der Waals surface area contributed by atoms with E-state index in [1.165, 1.54) is 7.11 Å². The number of methoxy groups -OCH3 is 1. The Labute approximate surface area is 124 Å². The van der Waals surface area contributed by atoms with Gasteiger partial charge in [0.25, 0.3) is 5.91 Å². The maximum Gasteiger partial charge on any atom is 0.306 e. The maximum atomic E-state index is 12.1. The number of rotatable bonds is 8. The van der Waals surface area contributed by atoms with Gasteiger partial charge in [-0.25, -0.2) is 4.98 Å². The van der Waals surface area contributed by atoms with Gasteiger partial charge >= 0.3 is 5.97 Å². The first-order valence-electron chi connectivity index (χ1n) is 6.98. The van der Waals surface area contributed by atoms with Gasteiger partial charge in [-0.3, -0.25) is 9.59 Å². The lowest BCUT2D eigenvalue weighted by atomic mass is 10.0. The first-order valence-corrected chi connectivity index (χ1v) is 6.98. The summed E-state index contributed by atoms with van der Waals surface area (Å²) in [7, 11) is 1.47. The molecule has 2 unspecified atom stereocenters. The summed E-state index contributed by atoms with van der Waals surface area (Å²) in [5, 5.41) is 11.7. The summed E-state index contributed by atoms with van der Waals surface area (Å²) in [5.41, 5.74) is 0.394. The van der Waals surface area contributed by atoms with Crippen molar-refractivity contribution in [2.45, 2.75) is 39.2 Å². The van der Waals surface area contributed by atoms with Crippen molar-refractivity contribution >= 4 is 11.9 Å². The Hall–Kier alpha value is -2.11. The minimum atomic E-state index is -0.785. The van der Waals surface area contributed by atoms with Gasteiger partial charge < -0.3 is 15.2 Å². The number of nitrogens with one attached hydrogen (secondary N) is 1. The van der Waals surface area contributed by atoms with E-state index in [0.29, 0.717) is 17.9 Å². The van der Waals surface area contributed by atoms with Crippen LogP contribution in [0.2, 0.25) is 0 Å². The van der Waals surface area contributed by atoms with Gasteiger partial charge in [0.2, 0.25) is 5.88 Å². The van der Waals surface area contributed by atoms with E-state index < -0.39 is 5.97 Å². The molecule has 0 bridgehead atoms. The molecule has 1 aromatic rings. The largest absolute Gasteiger partial charge is 0.481 e. The quantitative estimate of drug-likeness (QED) is 0.766. The zero-order valence-electron chi connectivity index (χ0n) is 12.6. The molecular formula is C15H22N2O4. The summed E-state index contributed by atoms with van der Waals surface area (Å²) in [6.45, 7) is 3.58. The van der Waals surface area contributed by atoms with Gasteiger partial charge in [-0.2, -0.15) is 0 Å². The van der Waals surface area contributed by atoms with Crippen molar-refractivity contribution in [2.75, 3.05) is 7.11 Å². The van der Waals surface area contributed by atoms with Gasteiger partial charge in [-0.15, -0.1) is 0 Å². The van der Waals surface area contributed by atoms with Crippen LogP contribution in [0.5, 0.6) is 5.88 Å². The highest BCUT2D eigenvalue weighted by Crippen LogP contribution is 2.14. The second-order valence-electron chi connectivity index (χ2n) is 5.10. The topological polar surface area (TPSA) is 88.5 Å². The van der Waals surface area contributed by atoms with Crippen molar-refractivity contribution in [3.05, 3.63) is 23.9 Å². The molecule has 6 nitrogen and oxygen atoms in total. The highest BCUT2D eigenvalue weighted by atomic mass is 16.5. The number of nitrogens with zero attached hydrogens (tertiary/aromatic N) is 1. The molecule has 1 aromatic heterocycles. The first kappa shape index (κ1) is 16.9. The Morgan fingerprint density at radius 2 is 2.10 bits per heavy atom. The number of carboxylic acids is 1. The summed E-state index contributed by atoms with van der Waals surface area (Å²) in [5.74, 6) is -1.08. The van der Waals surface area contributed by atoms with E-state index in [1.807, 2.05) is 6.92 Å². The predicted molar refractivity (Wildman–Crippen MR) is 78.4 cm³/mol. The van der Waals surface area contributed by atoms with Crippen LogP contribution in [0.4, 0.5) is 0 Å². The van der Waals surface area contributed by atoms with E-state index in [4.69, 9.17) is 9.84 Å². The van der Waals surface area contributed by atoms with Gasteiger partial charge in [0.1, 0.15) is 5.56 Å². The van der Waals surface area contributed by atoms with Crippen LogP contribution in [0.25, 0.3) is 0 Å². The van der Waals surface area contributed by atoms with Gasteiger partial charge in [0.05, 0.1) is 13.0 Å². The lowest BCUT2D eigenvalue weighted by Gasteiger charge is -2.15. The molecule has 0 aliphatic heterocycles. The number of carbonyl (C=O) groups excluding carboxylic acids is 1. The van der Waals surface area contributed by atoms with Crippen LogP contribution in [-0.2, 0) is 4.79 Å². The third kappa shape index (κ3) is 5.41. The molecule has 0 spiro atoms. The van der Waals surface area contributed by atoms with Crippen molar-refractivity contribution in [1.29, 1.82) is 0 Å². The van der Waals surface area contributed by atoms with Crippen LogP contribution in [0.15, 0.2) is 18.3 Å². The zero-order valence-corrected chi connectivity index (χ0v) is 12.6. The van der Waals surface area contributed by atoms with Crippen molar-refractivity contribution in [3.8, 4) is 5.88 Å². The van der Waals surface area contributed by atoms with E-state index in [9.17, 15) is 9.59 Å². The van der Waals surface area contributed by atoms with E-state index in [1.54, 1.807) is 25.3 Å². The number of pyridine rings is 1. The van der Waals surface area contributed by atoms with E-state index in [-0.39, 0.29) is 17.9 Å². The molecule has 21 heavy (non-hydrogen) atoms. The third-order valence-corrected chi connectivity index (χ3v) is 3.28. The third-order valence-electron chi connectivity index (χ3n) is 3.28. The normalized spacial score (nSPS) is 13.3. The fraction of sp³-hybridized carbons (Fsp3) is 0.533. The standard InChI is InChI=1S/C15H22N2O4/c1-10(15(19)20)6-4-7-11(2)17-13(18)12-8-5-9-16-14(12)21-3/h5,8-11H,4,6-7H2,1-3H3,(H,17,18)(H,19,20). The Balaban J connectivity index is 2.45. The van der Waals surface area contributed by atoms with Gasteiger partial charge in [0, 0.05) is 12.2 Å². The van der Waals surface area contributed by atoms with Crippen LogP contribution < -0.4 is 10.1 Å². The van der Waals surface area contributed by atoms with Crippen molar-refractivity contribution in [1.82, 2.24) is 10.3 Å². The summed E-state index contributed by atoms with van der Waals surface area (Å²) in [6.07, 6.45) is 3.64. The Bertz CT molecular complexity index is 490. The monoisotopic (exact) mass is 294 g/mol. The van der Waals surface area contributed by atoms with E-state index in [2.05, 4.69) is 10.3 Å². The van der Waals surface area contributed by atoms with Crippen LogP contribution in [0.3, 0.4) is 0 Å². The molecule has 1 amide bonds. The first-order chi connectivity index (χ1) is 9.95. The van der Waals surface area contributed by atoms with E-state index in [0.717, 1.165) is 12.8 Å². The molecule has 0 fully saturated rings. The van der Waals surface area contributed by atoms with Gasteiger partial charge in [-0.05, 0) is 31.9 Å². The number of aromatic nitrogens is 1. The smallest absolute Gasteiger partial charge is 0.306 e. The van der Waals surface area contributed by atoms with E-state index >= 15 is 0 Å². The summed E-state index contributed by atoms with van der Waals surface area (Å²) in [4.78, 5) is 26.8. The molecule has 2 atom stereocenters. The summed E-state index contributed by atoms with van der Waals surface area (Å²) >= 11 is 0. The van der Waals surface area contributed by atoms with Gasteiger partial charge in [0.15, 0.2) is 0 Å². The van der Waals surface area contributed by atoms with Crippen LogP contribution >= 0.6 is 0 Å². The molecule has 0 saturated heterocycles. The lowest BCUT2D eigenvalue weighted by molar-refractivity contribution is -0.141. The second-order valence-corrected chi connectivity index (χ2v) is 5.10. The Kier molecular flexibility index (Phi) is 6.65. The molecule has 2 N–H and O–H groups in total. The molecule has 0 aromatic carbocycles. The zero-order chi connectivity index (χ0) is 15.8. The molecular weight excluding hydrogens is 272 g/mol. The molecule has 0 aliphatic carbocycles. The fourth-order valence-corrected chi connectivity index (χ4v) is 1.95. The SMILES string of the molecule is COc1ncccc1C(=O)NC(C)CCCC(C)C(=O)O. The number of carbonyl (C=O) groups is 2. The number of carboxylic acid groups (broad SMARTS) is 1. The molecule has 1 rings (SSSR count). The number of hydrogen-bond donors (Lipinski definition) is 2. The molecule has 0 saturated carbocycles.